The third-order valence-electron chi connectivity index (χ3n) is 3.59. The molecule has 1 aliphatic heterocycles. The molecule has 2 aromatic rings. The lowest BCUT2D eigenvalue weighted by atomic mass is 10.2. The van der Waals surface area contributed by atoms with Crippen LogP contribution >= 0.6 is 24.0 Å². The van der Waals surface area contributed by atoms with Crippen LogP contribution in [0.4, 0.5) is 5.69 Å². The quantitative estimate of drug-likeness (QED) is 0.541. The van der Waals surface area contributed by atoms with Crippen LogP contribution in [-0.2, 0) is 9.59 Å². The number of rotatable bonds is 7. The minimum absolute atomic E-state index is 0.0523. The highest BCUT2D eigenvalue weighted by Crippen LogP contribution is 2.34. The average molecular weight is 400 g/mol. The second-order valence-corrected chi connectivity index (χ2v) is 7.20. The van der Waals surface area contributed by atoms with Gasteiger partial charge in [-0.1, -0.05) is 48.2 Å². The van der Waals surface area contributed by atoms with Gasteiger partial charge >= 0.3 is 5.97 Å². The first-order valence-electron chi connectivity index (χ1n) is 8.08. The van der Waals surface area contributed by atoms with Crippen LogP contribution in [0.5, 0.6) is 5.75 Å². The number of benzene rings is 2. The number of nitrogens with zero attached hydrogens (tertiary/aromatic N) is 1. The lowest BCUT2D eigenvalue weighted by molar-refractivity contribution is -0.137. The second-order valence-electron chi connectivity index (χ2n) is 5.52. The lowest BCUT2D eigenvalue weighted by Crippen LogP contribution is -2.33. The average Bonchev–Trinajstić information content (AvgIpc) is 2.91. The summed E-state index contributed by atoms with van der Waals surface area (Å²) in [6.07, 6.45) is 1.60. The molecule has 27 heavy (non-hydrogen) atoms. The van der Waals surface area contributed by atoms with E-state index in [4.69, 9.17) is 22.1 Å². The van der Waals surface area contributed by atoms with E-state index in [1.165, 1.54) is 16.8 Å². The zero-order chi connectivity index (χ0) is 19.2. The normalized spacial score (nSPS) is 15.3. The minimum atomic E-state index is -0.930. The van der Waals surface area contributed by atoms with Crippen LogP contribution in [0, 0.1) is 0 Å². The molecule has 3 rings (SSSR count). The molecule has 1 fully saturated rings. The van der Waals surface area contributed by atoms with E-state index in [-0.39, 0.29) is 18.9 Å². The van der Waals surface area contributed by atoms with Crippen LogP contribution < -0.4 is 10.2 Å². The van der Waals surface area contributed by atoms with Crippen LogP contribution in [0.2, 0.25) is 0 Å². The van der Waals surface area contributed by atoms with Gasteiger partial charge in [-0.05, 0) is 36.5 Å². The Kier molecular flexibility index (Phi) is 6.10. The molecule has 2 N–H and O–H groups in total. The number of thiocarbonyl (C=S) groups is 1. The summed E-state index contributed by atoms with van der Waals surface area (Å²) in [5.41, 5.74) is 4.44. The molecule has 1 saturated heterocycles. The summed E-state index contributed by atoms with van der Waals surface area (Å²) in [5, 5.41) is 10.1. The van der Waals surface area contributed by atoms with Gasteiger partial charge in [0.05, 0.1) is 23.6 Å². The number of hydrogen-bond acceptors (Lipinski definition) is 6. The summed E-state index contributed by atoms with van der Waals surface area (Å²) in [6, 6.07) is 16.4. The van der Waals surface area contributed by atoms with Gasteiger partial charge in [-0.2, -0.15) is 0 Å². The predicted molar refractivity (Wildman–Crippen MR) is 109 cm³/mol. The summed E-state index contributed by atoms with van der Waals surface area (Å²) >= 11 is 6.50. The number of carboxylic acids is 1. The van der Waals surface area contributed by atoms with Crippen molar-refractivity contribution < 1.29 is 19.4 Å². The van der Waals surface area contributed by atoms with E-state index in [0.717, 1.165) is 5.69 Å². The largest absolute Gasteiger partial charge is 0.492 e. The van der Waals surface area contributed by atoms with E-state index < -0.39 is 5.97 Å². The molecule has 0 saturated carbocycles. The fourth-order valence-electron chi connectivity index (χ4n) is 2.33. The van der Waals surface area contributed by atoms with E-state index >= 15 is 0 Å². The van der Waals surface area contributed by atoms with Gasteiger partial charge in [0.25, 0.3) is 5.91 Å². The molecule has 0 spiro atoms. The van der Waals surface area contributed by atoms with Gasteiger partial charge in [-0.25, -0.2) is 5.01 Å². The molecule has 1 aliphatic rings. The number of amides is 1. The topological polar surface area (TPSA) is 78.9 Å². The van der Waals surface area contributed by atoms with Crippen LogP contribution in [0.15, 0.2) is 59.5 Å². The van der Waals surface area contributed by atoms with E-state index in [2.05, 4.69) is 5.43 Å². The summed E-state index contributed by atoms with van der Waals surface area (Å²) in [6.45, 7) is 0.0523. The Morgan fingerprint density at radius 2 is 1.89 bits per heavy atom. The molecule has 0 aliphatic carbocycles. The molecule has 0 aromatic heterocycles. The van der Waals surface area contributed by atoms with Gasteiger partial charge in [-0.15, -0.1) is 0 Å². The van der Waals surface area contributed by atoms with E-state index in [9.17, 15) is 9.59 Å². The van der Waals surface area contributed by atoms with Gasteiger partial charge in [0.2, 0.25) is 0 Å². The number of carboxylic acid groups (broad SMARTS) is 1. The number of thioether (sulfide) groups is 1. The number of para-hydroxylation sites is 2. The Balaban J connectivity index is 1.77. The summed E-state index contributed by atoms with van der Waals surface area (Å²) in [4.78, 5) is 23.8. The molecule has 1 heterocycles. The van der Waals surface area contributed by atoms with Crippen molar-refractivity contribution in [1.29, 1.82) is 0 Å². The van der Waals surface area contributed by atoms with Gasteiger partial charge in [0.15, 0.2) is 4.32 Å². The first-order valence-corrected chi connectivity index (χ1v) is 9.30. The molecule has 0 radical (unpaired) electrons. The summed E-state index contributed by atoms with van der Waals surface area (Å²) < 4.78 is 5.94. The molecule has 0 unspecified atom stereocenters. The van der Waals surface area contributed by atoms with Crippen LogP contribution in [0.1, 0.15) is 12.0 Å². The van der Waals surface area contributed by atoms with E-state index in [1.807, 2.05) is 36.4 Å². The fourth-order valence-corrected chi connectivity index (χ4v) is 3.50. The molecule has 8 heteroatoms. The van der Waals surface area contributed by atoms with Gasteiger partial charge < -0.3 is 9.84 Å². The van der Waals surface area contributed by atoms with Gasteiger partial charge in [-0.3, -0.25) is 15.0 Å². The van der Waals surface area contributed by atoms with Crippen molar-refractivity contribution in [3.63, 3.8) is 0 Å². The minimum Gasteiger partial charge on any atom is -0.492 e. The first-order chi connectivity index (χ1) is 13.0. The van der Waals surface area contributed by atoms with Gasteiger partial charge in [0.1, 0.15) is 5.75 Å². The molecule has 6 nitrogen and oxygen atoms in total. The number of hydrogen-bond donors (Lipinski definition) is 2. The maximum atomic E-state index is 12.7. The molecule has 0 bridgehead atoms. The summed E-state index contributed by atoms with van der Waals surface area (Å²) in [7, 11) is 0. The summed E-state index contributed by atoms with van der Waals surface area (Å²) in [5.74, 6) is -0.672. The monoisotopic (exact) mass is 400 g/mol. The van der Waals surface area contributed by atoms with Gasteiger partial charge in [0, 0.05) is 5.56 Å². The Morgan fingerprint density at radius 3 is 2.63 bits per heavy atom. The standard InChI is InChI=1S/C19H16N2O4S2/c22-17(23)10-11-25-15-9-5-4-6-13(15)12-16-18(24)21(19(26)27-16)20-14-7-2-1-3-8-14/h1-9,12,20H,10-11H2,(H,22,23)/b16-12+. The number of nitrogens with one attached hydrogen (secondary N) is 1. The molecular formula is C19H16N2O4S2. The number of hydrazine groups is 1. The molecule has 2 aromatic carbocycles. The van der Waals surface area contributed by atoms with E-state index in [1.54, 1.807) is 24.3 Å². The highest BCUT2D eigenvalue weighted by molar-refractivity contribution is 8.26. The smallest absolute Gasteiger partial charge is 0.306 e. The number of anilines is 1. The molecular weight excluding hydrogens is 384 g/mol. The molecule has 138 valence electrons. The van der Waals surface area contributed by atoms with E-state index in [0.29, 0.717) is 20.5 Å². The highest BCUT2D eigenvalue weighted by Gasteiger charge is 2.32. The Morgan fingerprint density at radius 1 is 1.19 bits per heavy atom. The maximum absolute atomic E-state index is 12.7. The van der Waals surface area contributed by atoms with Crippen molar-refractivity contribution in [2.24, 2.45) is 0 Å². The van der Waals surface area contributed by atoms with Crippen LogP contribution in [0.25, 0.3) is 6.08 Å². The third-order valence-corrected chi connectivity index (χ3v) is 4.89. The van der Waals surface area contributed by atoms with Crippen molar-refractivity contribution in [3.8, 4) is 5.75 Å². The zero-order valence-electron chi connectivity index (χ0n) is 14.1. The van der Waals surface area contributed by atoms with Crippen molar-refractivity contribution in [2.75, 3.05) is 12.0 Å². The Hall–Kier alpha value is -2.84. The zero-order valence-corrected chi connectivity index (χ0v) is 15.8. The number of carbonyl (C=O) groups is 2. The number of carbonyl (C=O) groups excluding carboxylic acids is 1. The van der Waals surface area contributed by atoms with Crippen molar-refractivity contribution in [1.82, 2.24) is 5.01 Å². The maximum Gasteiger partial charge on any atom is 0.306 e. The van der Waals surface area contributed by atoms with Crippen molar-refractivity contribution in [3.05, 3.63) is 65.1 Å². The van der Waals surface area contributed by atoms with Crippen LogP contribution in [0.3, 0.4) is 0 Å². The SMILES string of the molecule is O=C(O)CCOc1ccccc1/C=C1/SC(=S)N(Nc2ccccc2)C1=O. The molecule has 0 atom stereocenters. The predicted octanol–water partition coefficient (Wildman–Crippen LogP) is 3.77. The fraction of sp³-hybridized carbons (Fsp3) is 0.105. The highest BCUT2D eigenvalue weighted by atomic mass is 32.2. The second kappa shape index (κ2) is 8.70. The number of aliphatic carboxylic acids is 1. The Labute approximate surface area is 165 Å². The third kappa shape index (κ3) is 4.87. The lowest BCUT2D eigenvalue weighted by Gasteiger charge is -2.16. The van der Waals surface area contributed by atoms with Crippen molar-refractivity contribution >= 4 is 51.9 Å². The first kappa shape index (κ1) is 18.9. The number of ether oxygens (including phenoxy) is 1. The van der Waals surface area contributed by atoms with Crippen molar-refractivity contribution in [2.45, 2.75) is 6.42 Å². The molecule has 1 amide bonds. The Bertz CT molecular complexity index is 900. The van der Waals surface area contributed by atoms with Crippen LogP contribution in [-0.4, -0.2) is 32.9 Å².